The largest absolute Gasteiger partial charge is 0.498 e. The highest BCUT2D eigenvalue weighted by Crippen LogP contribution is 2.37. The second kappa shape index (κ2) is 5.65. The zero-order chi connectivity index (χ0) is 16.0. The average Bonchev–Trinajstić information content (AvgIpc) is 2.99. The maximum Gasteiger partial charge on any atom is 0.498 e. The summed E-state index contributed by atoms with van der Waals surface area (Å²) < 4.78 is 15.1. The predicted octanol–water partition coefficient (Wildman–Crippen LogP) is 3.24. The van der Waals surface area contributed by atoms with Crippen LogP contribution in [0.5, 0.6) is 0 Å². The number of aromatic nitrogens is 2. The van der Waals surface area contributed by atoms with Gasteiger partial charge in [-0.3, -0.25) is 4.68 Å². The summed E-state index contributed by atoms with van der Waals surface area (Å²) in [6, 6.07) is 10.2. The Morgan fingerprint density at radius 1 is 1.09 bits per heavy atom. The second-order valence-corrected chi connectivity index (χ2v) is 7.23. The molecule has 1 fully saturated rings. The lowest BCUT2D eigenvalue weighted by molar-refractivity contribution is 0.00578. The van der Waals surface area contributed by atoms with E-state index in [0.717, 1.165) is 21.3 Å². The summed E-state index contributed by atoms with van der Waals surface area (Å²) in [6.07, 6.45) is 2.02. The molecular weight excluding hydrogens is 390 g/mol. The van der Waals surface area contributed by atoms with Crippen LogP contribution < -0.4 is 5.46 Å². The number of nitrogens with zero attached hydrogens (tertiary/aromatic N) is 2. The van der Waals surface area contributed by atoms with Gasteiger partial charge in [0.1, 0.15) is 0 Å². The molecular formula is C16H20BIN2O2. The third-order valence-corrected chi connectivity index (χ3v) is 5.17. The fourth-order valence-electron chi connectivity index (χ4n) is 2.46. The van der Waals surface area contributed by atoms with Crippen molar-refractivity contribution in [1.82, 2.24) is 9.78 Å². The van der Waals surface area contributed by atoms with Crippen molar-refractivity contribution in [3.05, 3.63) is 36.5 Å². The fourth-order valence-corrected chi connectivity index (χ4v) is 2.81. The van der Waals surface area contributed by atoms with Crippen LogP contribution in [-0.4, -0.2) is 28.1 Å². The summed E-state index contributed by atoms with van der Waals surface area (Å²) in [7, 11) is -0.392. The van der Waals surface area contributed by atoms with E-state index < -0.39 is 7.12 Å². The first-order chi connectivity index (χ1) is 10.3. The highest BCUT2D eigenvalue weighted by molar-refractivity contribution is 14.1. The summed E-state index contributed by atoms with van der Waals surface area (Å²) in [5, 5.41) is 4.69. The van der Waals surface area contributed by atoms with E-state index in [1.807, 2.05) is 29.1 Å². The third kappa shape index (κ3) is 2.72. The maximum atomic E-state index is 6.19. The minimum absolute atomic E-state index is 0.349. The van der Waals surface area contributed by atoms with E-state index in [4.69, 9.17) is 9.31 Å². The molecule has 0 N–H and O–H groups in total. The number of rotatable bonds is 3. The van der Waals surface area contributed by atoms with Crippen molar-refractivity contribution < 1.29 is 9.31 Å². The lowest BCUT2D eigenvalue weighted by Crippen LogP contribution is -2.41. The molecule has 0 aliphatic carbocycles. The van der Waals surface area contributed by atoms with Gasteiger partial charge >= 0.3 is 7.12 Å². The molecule has 1 aromatic heterocycles. The zero-order valence-electron chi connectivity index (χ0n) is 13.3. The van der Waals surface area contributed by atoms with Gasteiger partial charge in [-0.25, -0.2) is 0 Å². The number of hydrogen-bond donors (Lipinski definition) is 0. The Labute approximate surface area is 145 Å². The van der Waals surface area contributed by atoms with Gasteiger partial charge in [0.2, 0.25) is 0 Å². The minimum Gasteiger partial charge on any atom is -0.399 e. The topological polar surface area (TPSA) is 36.3 Å². The third-order valence-electron chi connectivity index (χ3n) is 4.47. The van der Waals surface area contributed by atoms with Crippen LogP contribution in [0.15, 0.2) is 36.5 Å². The summed E-state index contributed by atoms with van der Waals surface area (Å²) in [6.45, 7) is 8.27. The molecule has 0 saturated carbocycles. The van der Waals surface area contributed by atoms with Gasteiger partial charge in [-0.05, 0) is 27.7 Å². The highest BCUT2D eigenvalue weighted by Gasteiger charge is 2.52. The molecule has 1 aliphatic heterocycles. The standard InChI is InChI=1S/C16H20BIN2O2/c1-15(2)16(3,4)22-17(21-15)13-10-20(11-18)19-14(13)12-8-6-5-7-9-12/h5-10H,11H2,1-4H3. The van der Waals surface area contributed by atoms with Crippen LogP contribution in [0.4, 0.5) is 0 Å². The number of alkyl halides is 1. The molecule has 1 aliphatic rings. The summed E-state index contributed by atoms with van der Waals surface area (Å²) >= 11 is 2.30. The van der Waals surface area contributed by atoms with Crippen molar-refractivity contribution in [2.75, 3.05) is 0 Å². The van der Waals surface area contributed by atoms with E-state index in [9.17, 15) is 0 Å². The van der Waals surface area contributed by atoms with Gasteiger partial charge < -0.3 is 9.31 Å². The molecule has 3 rings (SSSR count). The Hall–Kier alpha value is -0.855. The molecule has 22 heavy (non-hydrogen) atoms. The van der Waals surface area contributed by atoms with Crippen molar-refractivity contribution in [3.8, 4) is 11.3 Å². The van der Waals surface area contributed by atoms with E-state index in [1.54, 1.807) is 0 Å². The van der Waals surface area contributed by atoms with Crippen molar-refractivity contribution in [1.29, 1.82) is 0 Å². The molecule has 2 aromatic rings. The van der Waals surface area contributed by atoms with Gasteiger partial charge in [0.15, 0.2) is 0 Å². The first kappa shape index (κ1) is 16.0. The molecule has 6 heteroatoms. The lowest BCUT2D eigenvalue weighted by Gasteiger charge is -2.32. The predicted molar refractivity (Wildman–Crippen MR) is 97.4 cm³/mol. The van der Waals surface area contributed by atoms with Gasteiger partial charge in [-0.15, -0.1) is 0 Å². The van der Waals surface area contributed by atoms with Crippen molar-refractivity contribution >= 4 is 35.2 Å². The van der Waals surface area contributed by atoms with Crippen molar-refractivity contribution in [2.24, 2.45) is 0 Å². The Bertz CT molecular complexity index is 654. The summed E-state index contributed by atoms with van der Waals surface area (Å²) in [4.78, 5) is 0. The molecule has 1 saturated heterocycles. The maximum absolute atomic E-state index is 6.19. The first-order valence-electron chi connectivity index (χ1n) is 7.38. The monoisotopic (exact) mass is 410 g/mol. The van der Waals surface area contributed by atoms with Crippen LogP contribution in [0.2, 0.25) is 0 Å². The number of benzene rings is 1. The van der Waals surface area contributed by atoms with Crippen LogP contribution in [0.3, 0.4) is 0 Å². The molecule has 116 valence electrons. The smallest absolute Gasteiger partial charge is 0.399 e. The quantitative estimate of drug-likeness (QED) is 0.443. The molecule has 0 spiro atoms. The van der Waals surface area contributed by atoms with Crippen molar-refractivity contribution in [3.63, 3.8) is 0 Å². The average molecular weight is 410 g/mol. The van der Waals surface area contributed by atoms with Crippen molar-refractivity contribution in [2.45, 2.75) is 43.4 Å². The lowest BCUT2D eigenvalue weighted by atomic mass is 9.78. The Kier molecular flexibility index (Phi) is 4.12. The molecule has 0 atom stereocenters. The molecule has 1 aromatic carbocycles. The highest BCUT2D eigenvalue weighted by atomic mass is 127. The van der Waals surface area contributed by atoms with E-state index >= 15 is 0 Å². The molecule has 0 radical (unpaired) electrons. The van der Waals surface area contributed by atoms with Crippen LogP contribution in [-0.2, 0) is 13.9 Å². The second-order valence-electron chi connectivity index (χ2n) is 6.55. The minimum atomic E-state index is -0.392. The molecule has 4 nitrogen and oxygen atoms in total. The number of halogens is 1. The molecule has 0 amide bonds. The zero-order valence-corrected chi connectivity index (χ0v) is 15.5. The first-order valence-corrected chi connectivity index (χ1v) is 8.91. The summed E-state index contributed by atoms with van der Waals surface area (Å²) in [5.41, 5.74) is 2.30. The van der Waals surface area contributed by atoms with Gasteiger partial charge in [0.25, 0.3) is 0 Å². The van der Waals surface area contributed by atoms with E-state index in [0.29, 0.717) is 0 Å². The fraction of sp³-hybridized carbons (Fsp3) is 0.438. The Morgan fingerprint density at radius 2 is 1.68 bits per heavy atom. The molecule has 2 heterocycles. The van der Waals surface area contributed by atoms with Crippen LogP contribution in [0.25, 0.3) is 11.3 Å². The van der Waals surface area contributed by atoms with Crippen LogP contribution in [0, 0.1) is 0 Å². The molecule has 0 unspecified atom stereocenters. The molecule has 0 bridgehead atoms. The van der Waals surface area contributed by atoms with E-state index in [2.05, 4.69) is 67.5 Å². The number of hydrogen-bond acceptors (Lipinski definition) is 3. The van der Waals surface area contributed by atoms with Gasteiger partial charge in [-0.1, -0.05) is 52.9 Å². The van der Waals surface area contributed by atoms with Gasteiger partial charge in [0.05, 0.1) is 21.4 Å². The van der Waals surface area contributed by atoms with E-state index in [1.165, 1.54) is 0 Å². The van der Waals surface area contributed by atoms with Crippen LogP contribution >= 0.6 is 22.6 Å². The summed E-state index contributed by atoms with van der Waals surface area (Å²) in [5.74, 6) is 0. The Balaban J connectivity index is 2.03. The van der Waals surface area contributed by atoms with Gasteiger partial charge in [0, 0.05) is 17.2 Å². The van der Waals surface area contributed by atoms with E-state index in [-0.39, 0.29) is 11.2 Å². The van der Waals surface area contributed by atoms with Crippen LogP contribution in [0.1, 0.15) is 27.7 Å². The Morgan fingerprint density at radius 3 is 2.23 bits per heavy atom. The van der Waals surface area contributed by atoms with Gasteiger partial charge in [-0.2, -0.15) is 5.10 Å². The SMILES string of the molecule is CC1(C)OB(c2cn(CI)nc2-c2ccccc2)OC1(C)C. The normalized spacial score (nSPS) is 19.6.